The van der Waals surface area contributed by atoms with Crippen LogP contribution in [0.3, 0.4) is 0 Å². The van der Waals surface area contributed by atoms with Crippen molar-refractivity contribution in [2.45, 2.75) is 50.4 Å². The molecule has 0 spiro atoms. The van der Waals surface area contributed by atoms with Crippen molar-refractivity contribution < 1.29 is 14.3 Å². The minimum atomic E-state index is -0.503. The molecule has 1 aliphatic rings. The Morgan fingerprint density at radius 1 is 1.36 bits per heavy atom. The van der Waals surface area contributed by atoms with E-state index < -0.39 is 5.60 Å². The average molecular weight is 387 g/mol. The molecule has 2 heterocycles. The van der Waals surface area contributed by atoms with Crippen LogP contribution in [-0.4, -0.2) is 58.2 Å². The van der Waals surface area contributed by atoms with E-state index in [4.69, 9.17) is 16.3 Å². The van der Waals surface area contributed by atoms with Gasteiger partial charge < -0.3 is 15.0 Å². The van der Waals surface area contributed by atoms with E-state index >= 15 is 0 Å². The Morgan fingerprint density at radius 3 is 2.52 bits per heavy atom. The lowest BCUT2D eigenvalue weighted by molar-refractivity contribution is 0.0210. The second kappa shape index (κ2) is 8.23. The maximum absolute atomic E-state index is 12.1. The topological polar surface area (TPSA) is 84.4 Å². The molecule has 1 N–H and O–H groups in total. The number of amides is 1. The van der Waals surface area contributed by atoms with E-state index in [2.05, 4.69) is 15.3 Å². The summed E-state index contributed by atoms with van der Waals surface area (Å²) in [5.74, 6) is 0.440. The number of nitrogens with zero attached hydrogens (tertiary/aromatic N) is 3. The summed E-state index contributed by atoms with van der Waals surface area (Å²) >= 11 is 7.41. The van der Waals surface area contributed by atoms with Crippen LogP contribution in [0.5, 0.6) is 0 Å². The highest BCUT2D eigenvalue weighted by molar-refractivity contribution is 7.98. The smallest absolute Gasteiger partial charge is 0.410 e. The van der Waals surface area contributed by atoms with Gasteiger partial charge in [0.15, 0.2) is 11.4 Å². The van der Waals surface area contributed by atoms with Gasteiger partial charge in [0, 0.05) is 19.1 Å². The zero-order valence-electron chi connectivity index (χ0n) is 14.8. The third-order valence-corrected chi connectivity index (χ3v) is 4.50. The molecule has 0 atom stereocenters. The fourth-order valence-corrected chi connectivity index (χ4v) is 3.08. The molecule has 0 bridgehead atoms. The second-order valence-corrected chi connectivity index (χ2v) is 7.90. The lowest BCUT2D eigenvalue weighted by Gasteiger charge is -2.34. The summed E-state index contributed by atoms with van der Waals surface area (Å²) in [5.41, 5.74) is -0.245. The maximum atomic E-state index is 12.1. The van der Waals surface area contributed by atoms with Crippen molar-refractivity contribution >= 4 is 41.6 Å². The molecule has 0 saturated carbocycles. The number of carbonyl (C=O) groups is 2. The molecule has 1 fully saturated rings. The Labute approximate surface area is 156 Å². The highest BCUT2D eigenvalue weighted by Crippen LogP contribution is 2.25. The first-order chi connectivity index (χ1) is 11.7. The van der Waals surface area contributed by atoms with Gasteiger partial charge in [-0.25, -0.2) is 14.8 Å². The number of ether oxygens (including phenoxy) is 1. The molecule has 1 saturated heterocycles. The molecule has 0 radical (unpaired) electrons. The van der Waals surface area contributed by atoms with Gasteiger partial charge >= 0.3 is 6.09 Å². The number of likely N-dealkylation sites (tertiary alicyclic amines) is 1. The number of aromatic nitrogens is 2. The minimum Gasteiger partial charge on any atom is -0.444 e. The van der Waals surface area contributed by atoms with E-state index in [1.165, 1.54) is 11.8 Å². The molecule has 2 rings (SSSR count). The van der Waals surface area contributed by atoms with Crippen molar-refractivity contribution in [3.8, 4) is 0 Å². The molecule has 1 aliphatic heterocycles. The zero-order chi connectivity index (χ0) is 18.6. The van der Waals surface area contributed by atoms with Gasteiger partial charge in [0.1, 0.15) is 16.6 Å². The number of piperidine rings is 1. The number of nitrogens with one attached hydrogen (secondary N) is 1. The van der Waals surface area contributed by atoms with Crippen molar-refractivity contribution in [1.29, 1.82) is 0 Å². The van der Waals surface area contributed by atoms with E-state index in [0.29, 0.717) is 30.3 Å². The molecule has 138 valence electrons. The Kier molecular flexibility index (Phi) is 6.51. The van der Waals surface area contributed by atoms with Gasteiger partial charge in [-0.05, 0) is 39.9 Å². The van der Waals surface area contributed by atoms with Crippen LogP contribution in [0.25, 0.3) is 0 Å². The number of carbonyl (C=O) groups excluding carboxylic acids is 2. The van der Waals surface area contributed by atoms with Crippen LogP contribution in [0, 0.1) is 0 Å². The summed E-state index contributed by atoms with van der Waals surface area (Å²) in [6.45, 7) is 6.71. The fourth-order valence-electron chi connectivity index (χ4n) is 2.45. The van der Waals surface area contributed by atoms with Crippen LogP contribution in [0.15, 0.2) is 5.16 Å². The number of hydrogen-bond donors (Lipinski definition) is 1. The number of thioether (sulfide) groups is 1. The van der Waals surface area contributed by atoms with Gasteiger partial charge in [0.05, 0.1) is 5.56 Å². The van der Waals surface area contributed by atoms with Gasteiger partial charge in [-0.3, -0.25) is 4.79 Å². The average Bonchev–Trinajstić information content (AvgIpc) is 2.53. The molecule has 25 heavy (non-hydrogen) atoms. The second-order valence-electron chi connectivity index (χ2n) is 6.77. The van der Waals surface area contributed by atoms with Crippen LogP contribution >= 0.6 is 23.4 Å². The van der Waals surface area contributed by atoms with Crippen LogP contribution in [0.4, 0.5) is 10.6 Å². The van der Waals surface area contributed by atoms with Crippen LogP contribution < -0.4 is 5.32 Å². The molecule has 1 aromatic rings. The van der Waals surface area contributed by atoms with E-state index in [0.717, 1.165) is 12.8 Å². The van der Waals surface area contributed by atoms with Crippen molar-refractivity contribution in [3.63, 3.8) is 0 Å². The van der Waals surface area contributed by atoms with Gasteiger partial charge in [-0.2, -0.15) is 0 Å². The van der Waals surface area contributed by atoms with Crippen LogP contribution in [-0.2, 0) is 4.74 Å². The quantitative estimate of drug-likeness (QED) is 0.367. The Hall–Kier alpha value is -1.54. The highest BCUT2D eigenvalue weighted by atomic mass is 35.5. The lowest BCUT2D eigenvalue weighted by Crippen LogP contribution is -2.44. The number of hydrogen-bond acceptors (Lipinski definition) is 7. The van der Waals surface area contributed by atoms with Gasteiger partial charge in [-0.15, -0.1) is 0 Å². The number of anilines is 1. The van der Waals surface area contributed by atoms with Gasteiger partial charge in [0.2, 0.25) is 0 Å². The summed E-state index contributed by atoms with van der Waals surface area (Å²) < 4.78 is 5.39. The van der Waals surface area contributed by atoms with Gasteiger partial charge in [0.25, 0.3) is 0 Å². The van der Waals surface area contributed by atoms with Crippen molar-refractivity contribution in [1.82, 2.24) is 14.9 Å². The molecular formula is C16H23ClN4O3S. The Balaban J connectivity index is 1.99. The van der Waals surface area contributed by atoms with Gasteiger partial charge in [-0.1, -0.05) is 23.4 Å². The number of rotatable bonds is 4. The summed E-state index contributed by atoms with van der Waals surface area (Å²) in [7, 11) is 0. The molecule has 0 aliphatic carbocycles. The molecule has 1 amide bonds. The van der Waals surface area contributed by atoms with Crippen LogP contribution in [0.2, 0.25) is 5.15 Å². The minimum absolute atomic E-state index is 0.0954. The molecule has 1 aromatic heterocycles. The summed E-state index contributed by atoms with van der Waals surface area (Å²) in [6.07, 6.45) is 3.66. The van der Waals surface area contributed by atoms with Crippen LogP contribution in [0.1, 0.15) is 44.0 Å². The normalized spacial score (nSPS) is 15.8. The fraction of sp³-hybridized carbons (Fsp3) is 0.625. The molecule has 0 unspecified atom stereocenters. The molecule has 9 heteroatoms. The first-order valence-corrected chi connectivity index (χ1v) is 9.65. The number of halogens is 1. The van der Waals surface area contributed by atoms with Crippen molar-refractivity contribution in [2.75, 3.05) is 24.7 Å². The van der Waals surface area contributed by atoms with E-state index in [9.17, 15) is 9.59 Å². The van der Waals surface area contributed by atoms with E-state index in [-0.39, 0.29) is 22.9 Å². The maximum Gasteiger partial charge on any atom is 0.410 e. The SMILES string of the molecule is CSc1nc(Cl)c(C=O)c(NC2CCN(C(=O)OC(C)(C)C)CC2)n1. The zero-order valence-corrected chi connectivity index (χ0v) is 16.4. The standard InChI is InChI=1S/C16H23ClN4O3S/c1-16(2,3)24-15(23)21-7-5-10(6-8-21)18-13-11(9-22)12(17)19-14(20-13)25-4/h9-10H,5-8H2,1-4H3,(H,18,19,20). The third kappa shape index (κ3) is 5.47. The summed E-state index contributed by atoms with van der Waals surface area (Å²) in [5, 5.41) is 3.91. The Bertz CT molecular complexity index is 643. The first kappa shape index (κ1) is 19.8. The summed E-state index contributed by atoms with van der Waals surface area (Å²) in [6, 6.07) is 0.0954. The van der Waals surface area contributed by atoms with E-state index in [1.54, 1.807) is 4.90 Å². The van der Waals surface area contributed by atoms with Crippen molar-refractivity contribution in [3.05, 3.63) is 10.7 Å². The third-order valence-electron chi connectivity index (χ3n) is 3.67. The molecule has 7 nitrogen and oxygen atoms in total. The predicted octanol–water partition coefficient (Wildman–Crippen LogP) is 3.48. The molecular weight excluding hydrogens is 364 g/mol. The highest BCUT2D eigenvalue weighted by Gasteiger charge is 2.27. The van der Waals surface area contributed by atoms with Crippen molar-refractivity contribution in [2.24, 2.45) is 0 Å². The largest absolute Gasteiger partial charge is 0.444 e. The summed E-state index contributed by atoms with van der Waals surface area (Å²) in [4.78, 5) is 33.5. The lowest BCUT2D eigenvalue weighted by atomic mass is 10.1. The monoisotopic (exact) mass is 386 g/mol. The van der Waals surface area contributed by atoms with E-state index in [1.807, 2.05) is 27.0 Å². The first-order valence-electron chi connectivity index (χ1n) is 8.04. The number of aldehydes is 1. The molecule has 0 aromatic carbocycles. The Morgan fingerprint density at radius 2 is 2.00 bits per heavy atom. The predicted molar refractivity (Wildman–Crippen MR) is 98.7 cm³/mol.